The van der Waals surface area contributed by atoms with Crippen LogP contribution in [0.1, 0.15) is 12.5 Å². The zero-order valence-corrected chi connectivity index (χ0v) is 12.5. The Morgan fingerprint density at radius 2 is 2.00 bits per heavy atom. The molecule has 1 aromatic rings. The molecule has 0 aromatic heterocycles. The van der Waals surface area contributed by atoms with E-state index >= 15 is 0 Å². The summed E-state index contributed by atoms with van der Waals surface area (Å²) in [4.78, 5) is 15.2. The fourth-order valence-electron chi connectivity index (χ4n) is 1.69. The molecule has 1 aromatic carbocycles. The van der Waals surface area contributed by atoms with E-state index in [-0.39, 0.29) is 24.7 Å². The van der Waals surface area contributed by atoms with E-state index < -0.39 is 5.97 Å². The fraction of sp³-hybridized carbons (Fsp3) is 0.235. The first-order valence-electron chi connectivity index (χ1n) is 6.59. The molecular weight excluding hydrogens is 280 g/mol. The average molecular weight is 296 g/mol. The maximum atomic E-state index is 11.3. The Morgan fingerprint density at radius 3 is 2.50 bits per heavy atom. The summed E-state index contributed by atoms with van der Waals surface area (Å²) in [5.41, 5.74) is 1.15. The van der Waals surface area contributed by atoms with E-state index in [0.717, 1.165) is 0 Å². The van der Waals surface area contributed by atoms with Crippen molar-refractivity contribution < 1.29 is 14.3 Å². The summed E-state index contributed by atoms with van der Waals surface area (Å²) in [6, 6.07) is 11.0. The molecule has 22 heavy (non-hydrogen) atoms. The molecule has 0 aliphatic rings. The lowest BCUT2D eigenvalue weighted by atomic mass is 10.0. The van der Waals surface area contributed by atoms with Gasteiger partial charge in [0, 0.05) is 7.05 Å². The standard InChI is InChI=1S/C17H16N2O3/c1-4-14(13-9-7-6-8-10-13)15(11-18)17(19-3)22-12-16(20)21-5-2/h1,6-10H,5,12H2,2-3H3/b15-14+,19-17?. The second-order valence-electron chi connectivity index (χ2n) is 3.99. The van der Waals surface area contributed by atoms with Gasteiger partial charge in [0.05, 0.1) is 12.2 Å². The van der Waals surface area contributed by atoms with Crippen molar-refractivity contribution in [2.45, 2.75) is 6.92 Å². The first-order chi connectivity index (χ1) is 10.7. The summed E-state index contributed by atoms with van der Waals surface area (Å²) < 4.78 is 10.0. The van der Waals surface area contributed by atoms with Crippen molar-refractivity contribution in [3.05, 3.63) is 41.5 Å². The lowest BCUT2D eigenvalue weighted by molar-refractivity contribution is -0.145. The summed E-state index contributed by atoms with van der Waals surface area (Å²) in [7, 11) is 1.46. The largest absolute Gasteiger partial charge is 0.465 e. The maximum absolute atomic E-state index is 11.3. The highest BCUT2D eigenvalue weighted by Crippen LogP contribution is 2.19. The van der Waals surface area contributed by atoms with Crippen molar-refractivity contribution in [2.24, 2.45) is 4.99 Å². The number of benzene rings is 1. The van der Waals surface area contributed by atoms with E-state index in [1.54, 1.807) is 19.1 Å². The lowest BCUT2D eigenvalue weighted by Gasteiger charge is -2.09. The van der Waals surface area contributed by atoms with Gasteiger partial charge in [0.2, 0.25) is 5.90 Å². The molecule has 0 amide bonds. The molecule has 5 nitrogen and oxygen atoms in total. The van der Waals surface area contributed by atoms with Crippen LogP contribution < -0.4 is 0 Å². The summed E-state index contributed by atoms with van der Waals surface area (Å²) in [6.07, 6.45) is 5.52. The quantitative estimate of drug-likeness (QED) is 0.274. The van der Waals surface area contributed by atoms with Crippen LogP contribution in [0.4, 0.5) is 0 Å². The topological polar surface area (TPSA) is 71.7 Å². The minimum Gasteiger partial charge on any atom is -0.465 e. The van der Waals surface area contributed by atoms with Gasteiger partial charge in [-0.3, -0.25) is 4.99 Å². The Labute approximate surface area is 129 Å². The smallest absolute Gasteiger partial charge is 0.344 e. The van der Waals surface area contributed by atoms with Gasteiger partial charge in [0.1, 0.15) is 11.6 Å². The molecule has 0 unspecified atom stereocenters. The Kier molecular flexibility index (Phi) is 6.95. The second-order valence-corrected chi connectivity index (χ2v) is 3.99. The number of allylic oxidation sites excluding steroid dienone is 1. The van der Waals surface area contributed by atoms with E-state index in [9.17, 15) is 10.1 Å². The third kappa shape index (κ3) is 4.50. The lowest BCUT2D eigenvalue weighted by Crippen LogP contribution is -2.18. The predicted octanol–water partition coefficient (Wildman–Crippen LogP) is 2.20. The van der Waals surface area contributed by atoms with Gasteiger partial charge >= 0.3 is 5.97 Å². The van der Waals surface area contributed by atoms with Crippen LogP contribution >= 0.6 is 0 Å². The molecule has 1 rings (SSSR count). The molecule has 0 saturated carbocycles. The molecule has 0 N–H and O–H groups in total. The number of rotatable bonds is 5. The highest BCUT2D eigenvalue weighted by Gasteiger charge is 2.16. The molecule has 5 heteroatoms. The molecule has 112 valence electrons. The Bertz CT molecular complexity index is 661. The molecule has 0 radical (unpaired) electrons. The third-order valence-corrected chi connectivity index (χ3v) is 2.62. The minimum absolute atomic E-state index is 0.00681. The fourth-order valence-corrected chi connectivity index (χ4v) is 1.69. The average Bonchev–Trinajstić information content (AvgIpc) is 2.55. The second kappa shape index (κ2) is 8.99. The van der Waals surface area contributed by atoms with Gasteiger partial charge < -0.3 is 9.47 Å². The van der Waals surface area contributed by atoms with Crippen molar-refractivity contribution in [3.63, 3.8) is 0 Å². The summed E-state index contributed by atoms with van der Waals surface area (Å²) >= 11 is 0. The van der Waals surface area contributed by atoms with Gasteiger partial charge in [-0.1, -0.05) is 36.3 Å². The summed E-state index contributed by atoms with van der Waals surface area (Å²) in [5, 5.41) is 9.38. The van der Waals surface area contributed by atoms with Gasteiger partial charge in [-0.25, -0.2) is 4.79 Å². The highest BCUT2D eigenvalue weighted by molar-refractivity contribution is 6.08. The molecule has 0 bridgehead atoms. The monoisotopic (exact) mass is 296 g/mol. The number of nitriles is 1. The first-order valence-corrected chi connectivity index (χ1v) is 6.59. The number of aliphatic imine (C=N–C) groups is 1. The van der Waals surface area contributed by atoms with Crippen molar-refractivity contribution in [3.8, 4) is 18.4 Å². The van der Waals surface area contributed by atoms with E-state index in [1.807, 2.05) is 24.3 Å². The SMILES string of the molecule is C#C/C(=C(/C#N)C(=NC)OCC(=O)OCC)c1ccccc1. The van der Waals surface area contributed by atoms with Crippen LogP contribution in [0.15, 0.2) is 40.9 Å². The van der Waals surface area contributed by atoms with E-state index in [4.69, 9.17) is 15.9 Å². The zero-order valence-electron chi connectivity index (χ0n) is 12.5. The van der Waals surface area contributed by atoms with E-state index in [0.29, 0.717) is 11.1 Å². The number of nitrogens with zero attached hydrogens (tertiary/aromatic N) is 2. The number of hydrogen-bond donors (Lipinski definition) is 0. The van der Waals surface area contributed by atoms with Gasteiger partial charge in [0.15, 0.2) is 6.61 Å². The number of terminal acetylenes is 1. The number of esters is 1. The van der Waals surface area contributed by atoms with Crippen molar-refractivity contribution in [1.82, 2.24) is 0 Å². The molecule has 0 heterocycles. The molecule has 0 atom stereocenters. The van der Waals surface area contributed by atoms with Crippen LogP contribution in [0.2, 0.25) is 0 Å². The van der Waals surface area contributed by atoms with Gasteiger partial charge in [-0.2, -0.15) is 5.26 Å². The number of ether oxygens (including phenoxy) is 2. The van der Waals surface area contributed by atoms with Crippen LogP contribution in [0, 0.1) is 23.7 Å². The van der Waals surface area contributed by atoms with Crippen LogP contribution in [-0.4, -0.2) is 32.1 Å². The first kappa shape index (κ1) is 17.0. The van der Waals surface area contributed by atoms with E-state index in [1.165, 1.54) is 7.05 Å². The summed E-state index contributed by atoms with van der Waals surface area (Å²) in [6.45, 7) is 1.61. The predicted molar refractivity (Wildman–Crippen MR) is 83.8 cm³/mol. The molecule has 0 aliphatic carbocycles. The Balaban J connectivity index is 3.11. The maximum Gasteiger partial charge on any atom is 0.344 e. The van der Waals surface area contributed by atoms with E-state index in [2.05, 4.69) is 10.9 Å². The van der Waals surface area contributed by atoms with Gasteiger partial charge in [-0.05, 0) is 12.5 Å². The molecule has 0 aliphatic heterocycles. The highest BCUT2D eigenvalue weighted by atomic mass is 16.6. The van der Waals surface area contributed by atoms with Gasteiger partial charge in [-0.15, -0.1) is 6.42 Å². The molecule has 0 spiro atoms. The number of hydrogen-bond acceptors (Lipinski definition) is 5. The molecule has 0 saturated heterocycles. The van der Waals surface area contributed by atoms with Crippen LogP contribution in [0.3, 0.4) is 0 Å². The van der Waals surface area contributed by atoms with Crippen LogP contribution in [0.25, 0.3) is 5.57 Å². The third-order valence-electron chi connectivity index (χ3n) is 2.62. The van der Waals surface area contributed by atoms with Crippen LogP contribution in [-0.2, 0) is 14.3 Å². The molecule has 0 fully saturated rings. The number of carbonyl (C=O) groups is 1. The van der Waals surface area contributed by atoms with Crippen molar-refractivity contribution in [2.75, 3.05) is 20.3 Å². The zero-order chi connectivity index (χ0) is 16.4. The van der Waals surface area contributed by atoms with Crippen molar-refractivity contribution in [1.29, 1.82) is 5.26 Å². The Morgan fingerprint density at radius 1 is 1.32 bits per heavy atom. The normalized spacial score (nSPS) is 11.7. The van der Waals surface area contributed by atoms with Crippen LogP contribution in [0.5, 0.6) is 0 Å². The Hall–Kier alpha value is -3.05. The molecular formula is C17H16N2O3. The summed E-state index contributed by atoms with van der Waals surface area (Å²) in [5.74, 6) is 1.94. The number of carbonyl (C=O) groups excluding carboxylic acids is 1. The minimum atomic E-state index is -0.539. The van der Waals surface area contributed by atoms with Gasteiger partial charge in [0.25, 0.3) is 0 Å². The van der Waals surface area contributed by atoms with Crippen molar-refractivity contribution >= 4 is 17.4 Å².